The molecule has 0 saturated carbocycles. The van der Waals surface area contributed by atoms with Crippen LogP contribution in [0.15, 0.2) is 48.8 Å². The number of hydrogen-bond donors (Lipinski definition) is 1. The van der Waals surface area contributed by atoms with Crippen molar-refractivity contribution < 1.29 is 4.79 Å². The summed E-state index contributed by atoms with van der Waals surface area (Å²) < 4.78 is 0. The Morgan fingerprint density at radius 2 is 1.87 bits per heavy atom. The predicted molar refractivity (Wildman–Crippen MR) is 89.3 cm³/mol. The second kappa shape index (κ2) is 6.39. The molecule has 1 aromatic carbocycles. The van der Waals surface area contributed by atoms with Gasteiger partial charge in [-0.1, -0.05) is 24.3 Å². The molecule has 2 heterocycles. The molecule has 0 bridgehead atoms. The van der Waals surface area contributed by atoms with Crippen LogP contribution in [-0.2, 0) is 6.54 Å². The normalized spacial score (nSPS) is 10.5. The number of carbonyl (C=O) groups is 1. The van der Waals surface area contributed by atoms with Crippen molar-refractivity contribution in [2.45, 2.75) is 6.54 Å². The lowest BCUT2D eigenvalue weighted by molar-refractivity contribution is 0.0946. The van der Waals surface area contributed by atoms with Crippen molar-refractivity contribution in [1.29, 1.82) is 0 Å². The Labute approximate surface area is 134 Å². The first-order valence-electron chi connectivity index (χ1n) is 7.26. The van der Waals surface area contributed by atoms with Crippen LogP contribution in [0.4, 0.5) is 5.82 Å². The SMILES string of the molecule is CN(C)c1ccnc(CNC(=O)c2nccc3ccccc23)n1. The van der Waals surface area contributed by atoms with Crippen molar-refractivity contribution in [3.8, 4) is 0 Å². The Bertz CT molecular complexity index is 842. The van der Waals surface area contributed by atoms with Crippen LogP contribution in [0, 0.1) is 0 Å². The number of carbonyl (C=O) groups excluding carboxylic acids is 1. The fourth-order valence-electron chi connectivity index (χ4n) is 2.27. The third-order valence-electron chi connectivity index (χ3n) is 3.44. The summed E-state index contributed by atoms with van der Waals surface area (Å²) in [4.78, 5) is 27.1. The average Bonchev–Trinajstić information content (AvgIpc) is 2.59. The van der Waals surface area contributed by atoms with Crippen molar-refractivity contribution in [1.82, 2.24) is 20.3 Å². The first-order chi connectivity index (χ1) is 11.1. The minimum absolute atomic E-state index is 0.236. The highest BCUT2D eigenvalue weighted by Crippen LogP contribution is 2.16. The number of hydrogen-bond acceptors (Lipinski definition) is 5. The maximum absolute atomic E-state index is 12.4. The van der Waals surface area contributed by atoms with Gasteiger partial charge in [0.25, 0.3) is 5.91 Å². The van der Waals surface area contributed by atoms with Crippen LogP contribution < -0.4 is 10.2 Å². The lowest BCUT2D eigenvalue weighted by Crippen LogP contribution is -2.25. The third-order valence-corrected chi connectivity index (χ3v) is 3.44. The number of nitrogens with zero attached hydrogens (tertiary/aromatic N) is 4. The quantitative estimate of drug-likeness (QED) is 0.798. The molecule has 0 unspecified atom stereocenters. The number of anilines is 1. The molecule has 0 radical (unpaired) electrons. The first kappa shape index (κ1) is 14.9. The number of aromatic nitrogens is 3. The maximum atomic E-state index is 12.4. The van der Waals surface area contributed by atoms with Gasteiger partial charge >= 0.3 is 0 Å². The van der Waals surface area contributed by atoms with Crippen molar-refractivity contribution in [3.63, 3.8) is 0 Å². The van der Waals surface area contributed by atoms with E-state index >= 15 is 0 Å². The smallest absolute Gasteiger partial charge is 0.270 e. The van der Waals surface area contributed by atoms with Gasteiger partial charge in [0.05, 0.1) is 6.54 Å². The Hall–Kier alpha value is -3.02. The van der Waals surface area contributed by atoms with E-state index in [-0.39, 0.29) is 12.5 Å². The number of rotatable bonds is 4. The minimum atomic E-state index is -0.236. The van der Waals surface area contributed by atoms with Crippen LogP contribution in [0.2, 0.25) is 0 Å². The van der Waals surface area contributed by atoms with E-state index in [0.717, 1.165) is 16.6 Å². The molecule has 0 aliphatic rings. The van der Waals surface area contributed by atoms with Gasteiger partial charge in [0.1, 0.15) is 17.3 Å². The summed E-state index contributed by atoms with van der Waals surface area (Å²) in [5.41, 5.74) is 0.409. The molecule has 116 valence electrons. The van der Waals surface area contributed by atoms with Gasteiger partial charge in [0.2, 0.25) is 0 Å². The zero-order chi connectivity index (χ0) is 16.2. The molecule has 23 heavy (non-hydrogen) atoms. The molecule has 1 N–H and O–H groups in total. The molecule has 0 aliphatic heterocycles. The molecule has 0 atom stereocenters. The summed E-state index contributed by atoms with van der Waals surface area (Å²) in [6.07, 6.45) is 3.32. The Morgan fingerprint density at radius 1 is 1.09 bits per heavy atom. The molecular weight excluding hydrogens is 290 g/mol. The Morgan fingerprint density at radius 3 is 2.70 bits per heavy atom. The van der Waals surface area contributed by atoms with Gasteiger partial charge < -0.3 is 10.2 Å². The van der Waals surface area contributed by atoms with Gasteiger partial charge in [-0.25, -0.2) is 9.97 Å². The Balaban J connectivity index is 1.78. The minimum Gasteiger partial charge on any atom is -0.363 e. The predicted octanol–water partition coefficient (Wildman–Crippen LogP) is 2.02. The lowest BCUT2D eigenvalue weighted by atomic mass is 10.1. The van der Waals surface area contributed by atoms with Crippen LogP contribution >= 0.6 is 0 Å². The Kier molecular flexibility index (Phi) is 4.14. The van der Waals surface area contributed by atoms with E-state index in [1.165, 1.54) is 0 Å². The largest absolute Gasteiger partial charge is 0.363 e. The summed E-state index contributed by atoms with van der Waals surface area (Å²) in [5, 5.41) is 4.64. The van der Waals surface area contributed by atoms with E-state index in [1.807, 2.05) is 55.4 Å². The molecule has 0 saturated heterocycles. The van der Waals surface area contributed by atoms with E-state index in [9.17, 15) is 4.79 Å². The van der Waals surface area contributed by atoms with Gasteiger partial charge in [0.15, 0.2) is 0 Å². The van der Waals surface area contributed by atoms with E-state index < -0.39 is 0 Å². The highest BCUT2D eigenvalue weighted by atomic mass is 16.1. The third kappa shape index (κ3) is 3.26. The topological polar surface area (TPSA) is 71.0 Å². The number of pyridine rings is 1. The molecule has 1 amide bonds. The summed E-state index contributed by atoms with van der Waals surface area (Å²) in [6.45, 7) is 0.255. The van der Waals surface area contributed by atoms with Gasteiger partial charge in [0, 0.05) is 31.9 Å². The van der Waals surface area contributed by atoms with Crippen LogP contribution in [0.5, 0.6) is 0 Å². The lowest BCUT2D eigenvalue weighted by Gasteiger charge is -2.12. The summed E-state index contributed by atoms with van der Waals surface area (Å²) in [6, 6.07) is 11.4. The number of fused-ring (bicyclic) bond motifs is 1. The molecule has 0 spiro atoms. The molecule has 3 aromatic rings. The maximum Gasteiger partial charge on any atom is 0.270 e. The van der Waals surface area contributed by atoms with Gasteiger partial charge in [-0.05, 0) is 17.5 Å². The average molecular weight is 307 g/mol. The van der Waals surface area contributed by atoms with Crippen molar-refractivity contribution in [2.75, 3.05) is 19.0 Å². The zero-order valence-corrected chi connectivity index (χ0v) is 13.0. The van der Waals surface area contributed by atoms with E-state index in [1.54, 1.807) is 12.4 Å². The molecule has 6 nitrogen and oxygen atoms in total. The molecule has 2 aromatic heterocycles. The number of benzene rings is 1. The van der Waals surface area contributed by atoms with Gasteiger partial charge in [-0.2, -0.15) is 0 Å². The molecule has 6 heteroatoms. The molecule has 0 fully saturated rings. The van der Waals surface area contributed by atoms with Crippen LogP contribution in [0.1, 0.15) is 16.3 Å². The standard InChI is InChI=1S/C17H17N5O/c1-22(2)15-8-10-18-14(21-15)11-20-17(23)16-13-6-4-3-5-12(13)7-9-19-16/h3-10H,11H2,1-2H3,(H,20,23). The van der Waals surface area contributed by atoms with E-state index in [0.29, 0.717) is 11.5 Å². The highest BCUT2D eigenvalue weighted by molar-refractivity contribution is 6.05. The number of nitrogens with one attached hydrogen (secondary N) is 1. The van der Waals surface area contributed by atoms with Crippen molar-refractivity contribution in [2.24, 2.45) is 0 Å². The first-order valence-corrected chi connectivity index (χ1v) is 7.26. The number of amides is 1. The molecule has 3 rings (SSSR count). The molecule has 0 aliphatic carbocycles. The van der Waals surface area contributed by atoms with Crippen LogP contribution in [-0.4, -0.2) is 35.0 Å². The van der Waals surface area contributed by atoms with Crippen LogP contribution in [0.3, 0.4) is 0 Å². The van der Waals surface area contributed by atoms with Gasteiger partial charge in [-0.15, -0.1) is 0 Å². The fourth-order valence-corrected chi connectivity index (χ4v) is 2.27. The van der Waals surface area contributed by atoms with Gasteiger partial charge in [-0.3, -0.25) is 9.78 Å². The van der Waals surface area contributed by atoms with Crippen molar-refractivity contribution in [3.05, 3.63) is 60.3 Å². The van der Waals surface area contributed by atoms with E-state index in [2.05, 4.69) is 20.3 Å². The second-order valence-electron chi connectivity index (χ2n) is 5.29. The fraction of sp³-hybridized carbons (Fsp3) is 0.176. The van der Waals surface area contributed by atoms with Crippen LogP contribution in [0.25, 0.3) is 10.8 Å². The molecular formula is C17H17N5O. The van der Waals surface area contributed by atoms with E-state index in [4.69, 9.17) is 0 Å². The monoisotopic (exact) mass is 307 g/mol. The second-order valence-corrected chi connectivity index (χ2v) is 5.29. The highest BCUT2D eigenvalue weighted by Gasteiger charge is 2.12. The summed E-state index contributed by atoms with van der Waals surface area (Å²) in [7, 11) is 3.81. The summed E-state index contributed by atoms with van der Waals surface area (Å²) in [5.74, 6) is 1.12. The van der Waals surface area contributed by atoms with Crippen molar-refractivity contribution >= 4 is 22.5 Å². The zero-order valence-electron chi connectivity index (χ0n) is 13.0. The summed E-state index contributed by atoms with van der Waals surface area (Å²) >= 11 is 0.